The molecule has 0 atom stereocenters. The molecule has 5 heteroatoms. The van der Waals surface area contributed by atoms with Crippen molar-refractivity contribution in [2.24, 2.45) is 0 Å². The number of nitrogens with zero attached hydrogens (tertiary/aromatic N) is 3. The van der Waals surface area contributed by atoms with Crippen molar-refractivity contribution in [2.75, 3.05) is 0 Å². The van der Waals surface area contributed by atoms with Crippen LogP contribution in [0.5, 0.6) is 0 Å². The molecule has 252 valence electrons. The van der Waals surface area contributed by atoms with Crippen molar-refractivity contribution < 1.29 is 8.83 Å². The molecule has 0 bridgehead atoms. The molecule has 8 aromatic carbocycles. The van der Waals surface area contributed by atoms with E-state index in [1.807, 2.05) is 54.6 Å². The summed E-state index contributed by atoms with van der Waals surface area (Å²) in [6.45, 7) is 0. The van der Waals surface area contributed by atoms with Crippen LogP contribution in [0.1, 0.15) is 0 Å². The van der Waals surface area contributed by atoms with Gasteiger partial charge < -0.3 is 8.83 Å². The number of rotatable bonds is 5. The van der Waals surface area contributed by atoms with Gasteiger partial charge in [-0.2, -0.15) is 0 Å². The van der Waals surface area contributed by atoms with Gasteiger partial charge in [-0.3, -0.25) is 0 Å². The van der Waals surface area contributed by atoms with Crippen molar-refractivity contribution in [1.29, 1.82) is 0 Å². The monoisotopic (exact) mass is 691 g/mol. The Morgan fingerprint density at radius 3 is 1.43 bits per heavy atom. The van der Waals surface area contributed by atoms with Gasteiger partial charge in [-0.05, 0) is 76.2 Å². The number of furan rings is 2. The van der Waals surface area contributed by atoms with Gasteiger partial charge in [0.2, 0.25) is 0 Å². The smallest absolute Gasteiger partial charge is 0.164 e. The molecule has 0 amide bonds. The first-order valence-electron chi connectivity index (χ1n) is 18.0. The van der Waals surface area contributed by atoms with E-state index >= 15 is 0 Å². The predicted molar refractivity (Wildman–Crippen MR) is 219 cm³/mol. The van der Waals surface area contributed by atoms with Crippen LogP contribution in [0.15, 0.2) is 185 Å². The second-order valence-corrected chi connectivity index (χ2v) is 13.6. The molecule has 0 aliphatic rings. The average Bonchev–Trinajstić information content (AvgIpc) is 3.82. The van der Waals surface area contributed by atoms with E-state index in [0.29, 0.717) is 17.5 Å². The van der Waals surface area contributed by atoms with Crippen LogP contribution in [0.3, 0.4) is 0 Å². The summed E-state index contributed by atoms with van der Waals surface area (Å²) < 4.78 is 12.7. The van der Waals surface area contributed by atoms with Crippen molar-refractivity contribution in [1.82, 2.24) is 15.0 Å². The van der Waals surface area contributed by atoms with Crippen molar-refractivity contribution >= 4 is 54.6 Å². The van der Waals surface area contributed by atoms with Crippen LogP contribution in [-0.2, 0) is 0 Å². The van der Waals surface area contributed by atoms with Crippen molar-refractivity contribution in [3.05, 3.63) is 176 Å². The van der Waals surface area contributed by atoms with Crippen LogP contribution < -0.4 is 0 Å². The molecule has 3 aromatic heterocycles. The Balaban J connectivity index is 1.11. The molecule has 0 saturated heterocycles. The molecule has 11 rings (SSSR count). The Kier molecular flexibility index (Phi) is 6.79. The maximum absolute atomic E-state index is 6.59. The molecule has 3 heterocycles. The molecular weight excluding hydrogens is 663 g/mol. The van der Waals surface area contributed by atoms with Crippen LogP contribution >= 0.6 is 0 Å². The third kappa shape index (κ3) is 4.98. The lowest BCUT2D eigenvalue weighted by molar-refractivity contribution is 0.669. The normalized spacial score (nSPS) is 11.7. The van der Waals surface area contributed by atoms with Crippen LogP contribution in [0.2, 0.25) is 0 Å². The lowest BCUT2D eigenvalue weighted by atomic mass is 9.95. The molecule has 0 unspecified atom stereocenters. The van der Waals surface area contributed by atoms with Gasteiger partial charge in [0, 0.05) is 43.6 Å². The number of benzene rings is 8. The fourth-order valence-corrected chi connectivity index (χ4v) is 7.66. The minimum atomic E-state index is 0.583. The summed E-state index contributed by atoms with van der Waals surface area (Å²) >= 11 is 0. The maximum atomic E-state index is 6.59. The first kappa shape index (κ1) is 30.3. The lowest BCUT2D eigenvalue weighted by Crippen LogP contribution is -2.00. The third-order valence-electron chi connectivity index (χ3n) is 10.3. The lowest BCUT2D eigenvalue weighted by Gasteiger charge is -2.10. The third-order valence-corrected chi connectivity index (χ3v) is 10.3. The Morgan fingerprint density at radius 2 is 0.741 bits per heavy atom. The molecule has 0 spiro atoms. The number of fused-ring (bicyclic) bond motifs is 8. The zero-order valence-corrected chi connectivity index (χ0v) is 28.9. The van der Waals surface area contributed by atoms with E-state index in [2.05, 4.69) is 121 Å². The zero-order chi connectivity index (χ0) is 35.6. The number of hydrogen-bond donors (Lipinski definition) is 0. The highest BCUT2D eigenvalue weighted by Gasteiger charge is 2.18. The van der Waals surface area contributed by atoms with Gasteiger partial charge in [0.25, 0.3) is 0 Å². The zero-order valence-electron chi connectivity index (χ0n) is 28.9. The van der Waals surface area contributed by atoms with Crippen LogP contribution in [0.4, 0.5) is 0 Å². The molecule has 54 heavy (non-hydrogen) atoms. The summed E-state index contributed by atoms with van der Waals surface area (Å²) in [5.74, 6) is 1.77. The Bertz CT molecular complexity index is 3200. The Morgan fingerprint density at radius 1 is 0.278 bits per heavy atom. The van der Waals surface area contributed by atoms with Crippen molar-refractivity contribution in [3.8, 4) is 56.4 Å². The van der Waals surface area contributed by atoms with E-state index in [1.165, 1.54) is 0 Å². The molecule has 5 nitrogen and oxygen atoms in total. The highest BCUT2D eigenvalue weighted by atomic mass is 16.3. The van der Waals surface area contributed by atoms with Crippen LogP contribution in [0, 0.1) is 0 Å². The predicted octanol–water partition coefficient (Wildman–Crippen LogP) is 13.2. The first-order chi connectivity index (χ1) is 26.7. The molecule has 0 N–H and O–H groups in total. The van der Waals surface area contributed by atoms with E-state index in [9.17, 15) is 0 Å². The fraction of sp³-hybridized carbons (Fsp3) is 0. The Hall–Kier alpha value is -7.37. The molecule has 11 aromatic rings. The quantitative estimate of drug-likeness (QED) is 0.180. The largest absolute Gasteiger partial charge is 0.456 e. The maximum Gasteiger partial charge on any atom is 0.164 e. The molecular formula is C49H29N3O2. The van der Waals surface area contributed by atoms with Gasteiger partial charge in [0.1, 0.15) is 22.3 Å². The number of hydrogen-bond acceptors (Lipinski definition) is 5. The van der Waals surface area contributed by atoms with Gasteiger partial charge in [-0.1, -0.05) is 127 Å². The van der Waals surface area contributed by atoms with Crippen molar-refractivity contribution in [2.45, 2.75) is 0 Å². The van der Waals surface area contributed by atoms with E-state index in [-0.39, 0.29) is 0 Å². The van der Waals surface area contributed by atoms with E-state index in [4.69, 9.17) is 23.8 Å². The van der Waals surface area contributed by atoms with Gasteiger partial charge in [-0.15, -0.1) is 0 Å². The summed E-state index contributed by atoms with van der Waals surface area (Å²) in [6, 6.07) is 60.5. The fourth-order valence-electron chi connectivity index (χ4n) is 7.66. The van der Waals surface area contributed by atoms with Crippen molar-refractivity contribution in [3.63, 3.8) is 0 Å². The second kappa shape index (κ2) is 12.1. The standard InChI is InChI=1S/C49H29N3O2/c1-3-11-30(12-4-1)31-19-21-33(22-20-31)47-50-48(34-23-25-44-40(27-34)37-16-9-10-18-43(37)53-44)52-49(51-47)35-24-26-45-41(28-35)42-29-39(32-13-5-2-6-14-32)36-15-7-8-17-38(36)46(42)54-45/h1-29H. The summed E-state index contributed by atoms with van der Waals surface area (Å²) in [4.78, 5) is 15.3. The van der Waals surface area contributed by atoms with Crippen LogP contribution in [-0.4, -0.2) is 15.0 Å². The topological polar surface area (TPSA) is 65.0 Å². The summed E-state index contributed by atoms with van der Waals surface area (Å²) in [5, 5.41) is 6.37. The molecule has 0 saturated carbocycles. The SMILES string of the molecule is c1ccc(-c2ccc(-c3nc(-c4ccc5oc6ccccc6c5c4)nc(-c4ccc5oc6c7ccccc7c(-c7ccccc7)cc6c5c4)n3)cc2)cc1. The van der Waals surface area contributed by atoms with Gasteiger partial charge >= 0.3 is 0 Å². The molecule has 0 fully saturated rings. The second-order valence-electron chi connectivity index (χ2n) is 13.6. The number of para-hydroxylation sites is 1. The minimum Gasteiger partial charge on any atom is -0.456 e. The first-order valence-corrected chi connectivity index (χ1v) is 18.0. The number of aromatic nitrogens is 3. The molecule has 0 aliphatic carbocycles. The van der Waals surface area contributed by atoms with Gasteiger partial charge in [0.05, 0.1) is 0 Å². The van der Waals surface area contributed by atoms with Gasteiger partial charge in [0.15, 0.2) is 17.5 Å². The summed E-state index contributed by atoms with van der Waals surface area (Å²) in [7, 11) is 0. The average molecular weight is 692 g/mol. The highest BCUT2D eigenvalue weighted by Crippen LogP contribution is 2.41. The van der Waals surface area contributed by atoms with E-state index in [1.54, 1.807) is 0 Å². The minimum absolute atomic E-state index is 0.583. The summed E-state index contributed by atoms with van der Waals surface area (Å²) in [6.07, 6.45) is 0. The Labute approximate surface area is 309 Å². The molecule has 0 radical (unpaired) electrons. The van der Waals surface area contributed by atoms with Gasteiger partial charge in [-0.25, -0.2) is 15.0 Å². The van der Waals surface area contributed by atoms with Crippen LogP contribution in [0.25, 0.3) is 111 Å². The van der Waals surface area contributed by atoms with E-state index < -0.39 is 0 Å². The summed E-state index contributed by atoms with van der Waals surface area (Å²) in [5.41, 5.74) is 10.6. The molecule has 0 aliphatic heterocycles. The highest BCUT2D eigenvalue weighted by molar-refractivity contribution is 6.19. The van der Waals surface area contributed by atoms with E-state index in [0.717, 1.165) is 93.6 Å².